The average Bonchev–Trinajstić information content (AvgIpc) is 3.31. The molecule has 2 fully saturated rings. The number of rotatable bonds is 8. The highest BCUT2D eigenvalue weighted by molar-refractivity contribution is 7.89. The number of nitrogens with zero attached hydrogens (tertiary/aromatic N) is 6. The number of nitrogens with one attached hydrogen (secondary N) is 1. The van der Waals surface area contributed by atoms with Crippen LogP contribution >= 0.6 is 22.9 Å². The van der Waals surface area contributed by atoms with Gasteiger partial charge in [-0.15, -0.1) is 10.2 Å². The Hall–Kier alpha value is -2.49. The van der Waals surface area contributed by atoms with Crippen LogP contribution in [-0.2, 0) is 14.8 Å². The molecule has 3 aromatic heterocycles. The van der Waals surface area contributed by atoms with Gasteiger partial charge >= 0.3 is 0 Å². The third-order valence-electron chi connectivity index (χ3n) is 6.66. The summed E-state index contributed by atoms with van der Waals surface area (Å²) in [6.07, 6.45) is -0.801. The van der Waals surface area contributed by atoms with E-state index in [9.17, 15) is 26.4 Å². The summed E-state index contributed by atoms with van der Waals surface area (Å²) in [6.45, 7) is 4.42. The number of imidazole rings is 1. The number of carbonyl (C=O) groups is 1. The van der Waals surface area contributed by atoms with Crippen LogP contribution in [0, 0.1) is 5.92 Å². The fourth-order valence-electron chi connectivity index (χ4n) is 4.37. The SMILES string of the molecule is CC(C)C(=O)N1CCN(c2cc(S(=O)(=O)NC3(CF)CC3)cn3c(-c4nnc(C(F)F)s4)nc(Cl)c23)CC1. The Balaban J connectivity index is 1.61. The quantitative estimate of drug-likeness (QED) is 0.426. The first kappa shape index (κ1) is 27.1. The lowest BCUT2D eigenvalue weighted by Crippen LogP contribution is -2.50. The first-order valence-electron chi connectivity index (χ1n) is 11.9. The maximum Gasteiger partial charge on any atom is 0.291 e. The number of sulfonamides is 1. The van der Waals surface area contributed by atoms with Gasteiger partial charge in [-0.3, -0.25) is 9.20 Å². The molecular weight excluding hydrogens is 567 g/mol. The topological polar surface area (TPSA) is 113 Å². The maximum atomic E-state index is 13.5. The van der Waals surface area contributed by atoms with E-state index >= 15 is 0 Å². The van der Waals surface area contributed by atoms with Crippen LogP contribution in [0.5, 0.6) is 0 Å². The van der Waals surface area contributed by atoms with E-state index in [0.717, 1.165) is 0 Å². The molecule has 0 atom stereocenters. The fourth-order valence-corrected chi connectivity index (χ4v) is 6.78. The van der Waals surface area contributed by atoms with Gasteiger partial charge in [0, 0.05) is 38.3 Å². The van der Waals surface area contributed by atoms with Crippen molar-refractivity contribution in [2.45, 2.75) is 43.5 Å². The Labute approximate surface area is 225 Å². The third kappa shape index (κ3) is 4.96. The van der Waals surface area contributed by atoms with Crippen molar-refractivity contribution in [2.75, 3.05) is 37.8 Å². The Morgan fingerprint density at radius 1 is 1.21 bits per heavy atom. The third-order valence-corrected chi connectivity index (χ3v) is 9.40. The van der Waals surface area contributed by atoms with Gasteiger partial charge in [0.1, 0.15) is 17.1 Å². The van der Waals surface area contributed by atoms with E-state index in [1.54, 1.807) is 4.90 Å². The number of halogens is 4. The lowest BCUT2D eigenvalue weighted by molar-refractivity contribution is -0.134. The highest BCUT2D eigenvalue weighted by Crippen LogP contribution is 2.40. The Kier molecular flexibility index (Phi) is 7.07. The molecule has 1 saturated heterocycles. The van der Waals surface area contributed by atoms with E-state index in [1.807, 2.05) is 18.7 Å². The minimum atomic E-state index is -4.18. The minimum Gasteiger partial charge on any atom is -0.366 e. The second-order valence-electron chi connectivity index (χ2n) is 9.74. The first-order valence-corrected chi connectivity index (χ1v) is 14.6. The molecule has 1 amide bonds. The molecular formula is C22H25ClF3N7O3S2. The van der Waals surface area contributed by atoms with Crippen molar-refractivity contribution >= 4 is 50.1 Å². The van der Waals surface area contributed by atoms with Crippen LogP contribution < -0.4 is 9.62 Å². The molecule has 10 nitrogen and oxygen atoms in total. The van der Waals surface area contributed by atoms with Crippen LogP contribution in [0.15, 0.2) is 17.2 Å². The zero-order chi connectivity index (χ0) is 27.4. The average molecular weight is 592 g/mol. The Bertz CT molecular complexity index is 1480. The van der Waals surface area contributed by atoms with Crippen molar-refractivity contribution < 1.29 is 26.4 Å². The van der Waals surface area contributed by atoms with Crippen molar-refractivity contribution in [1.29, 1.82) is 0 Å². The molecule has 1 aliphatic carbocycles. The summed E-state index contributed by atoms with van der Waals surface area (Å²) in [5.41, 5.74) is -0.348. The van der Waals surface area contributed by atoms with Gasteiger partial charge in [0.05, 0.1) is 11.2 Å². The van der Waals surface area contributed by atoms with Gasteiger partial charge in [-0.1, -0.05) is 36.8 Å². The van der Waals surface area contributed by atoms with E-state index in [0.29, 0.717) is 61.6 Å². The number of carbonyl (C=O) groups excluding carboxylic acids is 1. The number of alkyl halides is 3. The van der Waals surface area contributed by atoms with Crippen molar-refractivity contribution in [1.82, 2.24) is 29.2 Å². The number of aromatic nitrogens is 4. The van der Waals surface area contributed by atoms with Gasteiger partial charge in [0.15, 0.2) is 21.0 Å². The van der Waals surface area contributed by atoms with E-state index in [-0.39, 0.29) is 32.7 Å². The Morgan fingerprint density at radius 3 is 2.45 bits per heavy atom. The largest absolute Gasteiger partial charge is 0.366 e. The maximum absolute atomic E-state index is 13.5. The van der Waals surface area contributed by atoms with E-state index in [2.05, 4.69) is 19.9 Å². The molecule has 0 spiro atoms. The van der Waals surface area contributed by atoms with Gasteiger partial charge in [-0.25, -0.2) is 31.3 Å². The van der Waals surface area contributed by atoms with Crippen LogP contribution in [0.1, 0.15) is 38.1 Å². The molecule has 16 heteroatoms. The molecule has 206 valence electrons. The predicted octanol–water partition coefficient (Wildman–Crippen LogP) is 3.53. The lowest BCUT2D eigenvalue weighted by Gasteiger charge is -2.37. The smallest absolute Gasteiger partial charge is 0.291 e. The van der Waals surface area contributed by atoms with Crippen molar-refractivity contribution in [2.24, 2.45) is 5.92 Å². The normalized spacial score (nSPS) is 17.7. The summed E-state index contributed by atoms with van der Waals surface area (Å²) in [7, 11) is -4.18. The van der Waals surface area contributed by atoms with Crippen LogP contribution in [0.3, 0.4) is 0 Å². The van der Waals surface area contributed by atoms with Crippen molar-refractivity contribution in [3.8, 4) is 10.8 Å². The number of hydrogen-bond donors (Lipinski definition) is 1. The molecule has 5 rings (SSSR count). The number of fused-ring (bicyclic) bond motifs is 1. The molecule has 0 bridgehead atoms. The summed E-state index contributed by atoms with van der Waals surface area (Å²) >= 11 is 7.14. The van der Waals surface area contributed by atoms with Gasteiger partial charge in [0.2, 0.25) is 15.9 Å². The van der Waals surface area contributed by atoms with E-state index in [4.69, 9.17) is 11.6 Å². The molecule has 0 radical (unpaired) electrons. The zero-order valence-electron chi connectivity index (χ0n) is 20.5. The van der Waals surface area contributed by atoms with Crippen LogP contribution in [0.4, 0.5) is 18.9 Å². The predicted molar refractivity (Wildman–Crippen MR) is 136 cm³/mol. The summed E-state index contributed by atoms with van der Waals surface area (Å²) in [6, 6.07) is 1.44. The van der Waals surface area contributed by atoms with Crippen LogP contribution in [-0.4, -0.2) is 77.2 Å². The standard InChI is InChI=1S/C22H25ClF3N7O3S2/c1-12(2)21(34)32-7-5-31(6-8-32)14-9-13(38(35,36)30-22(11-24)3-4-22)10-33-15(14)16(23)27-18(33)20-29-28-19(37-20)17(25)26/h9-10,12,17,30H,3-8,11H2,1-2H3. The molecule has 0 unspecified atom stereocenters. The van der Waals surface area contributed by atoms with Crippen molar-refractivity contribution in [3.63, 3.8) is 0 Å². The van der Waals surface area contributed by atoms with Gasteiger partial charge in [-0.05, 0) is 18.9 Å². The zero-order valence-corrected chi connectivity index (χ0v) is 22.9. The van der Waals surface area contributed by atoms with E-state index in [1.165, 1.54) is 16.7 Å². The molecule has 1 saturated carbocycles. The van der Waals surface area contributed by atoms with E-state index < -0.39 is 33.7 Å². The summed E-state index contributed by atoms with van der Waals surface area (Å²) in [5.74, 6) is -0.0880. The number of amides is 1. The van der Waals surface area contributed by atoms with Crippen LogP contribution in [0.25, 0.3) is 16.3 Å². The van der Waals surface area contributed by atoms with Gasteiger partial charge in [-0.2, -0.15) is 0 Å². The Morgan fingerprint density at radius 2 is 1.89 bits per heavy atom. The minimum absolute atomic E-state index is 0.0174. The summed E-state index contributed by atoms with van der Waals surface area (Å²) in [5, 5.41) is 6.85. The fraction of sp³-hybridized carbons (Fsp3) is 0.545. The molecule has 3 aromatic rings. The lowest BCUT2D eigenvalue weighted by atomic mass is 10.1. The number of pyridine rings is 1. The highest BCUT2D eigenvalue weighted by atomic mass is 35.5. The molecule has 38 heavy (non-hydrogen) atoms. The summed E-state index contributed by atoms with van der Waals surface area (Å²) < 4.78 is 70.5. The van der Waals surface area contributed by atoms with Gasteiger partial charge in [0.25, 0.3) is 6.43 Å². The molecule has 4 heterocycles. The first-order chi connectivity index (χ1) is 17.9. The molecule has 0 aromatic carbocycles. The number of piperazine rings is 1. The number of hydrogen-bond acceptors (Lipinski definition) is 8. The van der Waals surface area contributed by atoms with Crippen LogP contribution in [0.2, 0.25) is 5.15 Å². The monoisotopic (exact) mass is 591 g/mol. The number of anilines is 1. The molecule has 1 aliphatic heterocycles. The molecule has 2 aliphatic rings. The summed E-state index contributed by atoms with van der Waals surface area (Å²) in [4.78, 5) is 20.2. The van der Waals surface area contributed by atoms with Crippen molar-refractivity contribution in [3.05, 3.63) is 22.4 Å². The second-order valence-corrected chi connectivity index (χ2v) is 12.8. The van der Waals surface area contributed by atoms with Gasteiger partial charge < -0.3 is 9.80 Å². The highest BCUT2D eigenvalue weighted by Gasteiger charge is 2.46. The molecule has 1 N–H and O–H groups in total. The second kappa shape index (κ2) is 9.92.